The summed E-state index contributed by atoms with van der Waals surface area (Å²) in [5, 5.41) is 0.0547. The Morgan fingerprint density at radius 3 is 2.09 bits per heavy atom. The zero-order chi connectivity index (χ0) is 17.6. The monoisotopic (exact) mass is 377 g/mol. The van der Waals surface area contributed by atoms with Crippen molar-refractivity contribution in [2.75, 3.05) is 12.8 Å². The molecule has 0 fully saturated rings. The third-order valence-electron chi connectivity index (χ3n) is 2.58. The van der Waals surface area contributed by atoms with Crippen LogP contribution in [0.5, 0.6) is 0 Å². The van der Waals surface area contributed by atoms with E-state index < -0.39 is 25.5 Å². The Kier molecular flexibility index (Phi) is 6.70. The summed E-state index contributed by atoms with van der Waals surface area (Å²) >= 11 is 5.69. The van der Waals surface area contributed by atoms with Gasteiger partial charge in [0.1, 0.15) is 9.92 Å². The van der Waals surface area contributed by atoms with Gasteiger partial charge >= 0.3 is 10.5 Å². The number of nitrogens with zero attached hydrogens (tertiary/aromatic N) is 1. The minimum absolute atomic E-state index is 0.0369. The van der Waals surface area contributed by atoms with Crippen molar-refractivity contribution in [2.45, 2.75) is 4.90 Å². The maximum Gasteiger partial charge on any atom is 0.464 e. The maximum absolute atomic E-state index is 10.8. The first-order valence-electron chi connectivity index (χ1n) is 6.03. The van der Waals surface area contributed by atoms with Crippen LogP contribution in [-0.4, -0.2) is 32.4 Å². The average molecular weight is 378 g/mol. The van der Waals surface area contributed by atoms with Gasteiger partial charge in [-0.15, -0.1) is 8.42 Å². The summed E-state index contributed by atoms with van der Waals surface area (Å²) in [5.41, 5.74) is 6.14. The maximum atomic E-state index is 10.8. The second-order valence-corrected chi connectivity index (χ2v) is 7.02. The Labute approximate surface area is 140 Å². The highest BCUT2D eigenvalue weighted by Crippen LogP contribution is 2.26. The third-order valence-corrected chi connectivity index (χ3v) is 4.39. The van der Waals surface area contributed by atoms with Gasteiger partial charge in [0.05, 0.1) is 0 Å². The molecule has 2 aromatic rings. The number of para-hydroxylation sites is 1. The second kappa shape index (κ2) is 8.06. The number of rotatable bonds is 2. The van der Waals surface area contributed by atoms with Gasteiger partial charge in [-0.3, -0.25) is 4.55 Å². The summed E-state index contributed by atoms with van der Waals surface area (Å²) in [6, 6.07) is 12.7. The van der Waals surface area contributed by atoms with Crippen LogP contribution in [0.25, 0.3) is 0 Å². The lowest BCUT2D eigenvalue weighted by atomic mass is 10.3. The van der Waals surface area contributed by atoms with Crippen molar-refractivity contribution in [3.05, 3.63) is 53.6 Å². The summed E-state index contributed by atoms with van der Waals surface area (Å²) in [6.07, 6.45) is 0. The van der Waals surface area contributed by atoms with Crippen molar-refractivity contribution in [2.24, 2.45) is 0 Å². The molecule has 7 nitrogen and oxygen atoms in total. The Morgan fingerprint density at radius 1 is 1.13 bits per heavy atom. The Bertz CT molecular complexity index is 918. The molecule has 0 saturated heterocycles. The van der Waals surface area contributed by atoms with E-state index >= 15 is 0 Å². The highest BCUT2D eigenvalue weighted by Gasteiger charge is 2.18. The summed E-state index contributed by atoms with van der Waals surface area (Å²) in [5.74, 6) is 0. The normalized spacial score (nSPS) is 10.4. The zero-order valence-corrected chi connectivity index (χ0v) is 14.3. The molecule has 0 amide bonds. The summed E-state index contributed by atoms with van der Waals surface area (Å²) in [7, 11) is -5.78. The third kappa shape index (κ3) is 5.99. The molecule has 0 atom stereocenters. The number of anilines is 1. The van der Waals surface area contributed by atoms with Crippen LogP contribution in [-0.2, 0) is 20.6 Å². The van der Waals surface area contributed by atoms with Gasteiger partial charge in [-0.2, -0.15) is 8.42 Å². The van der Waals surface area contributed by atoms with E-state index in [0.29, 0.717) is 0 Å². The Hall–Kier alpha value is -1.94. The van der Waals surface area contributed by atoms with Crippen LogP contribution < -0.4 is 5.73 Å². The van der Waals surface area contributed by atoms with E-state index in [1.54, 1.807) is 0 Å². The molecule has 2 aromatic carbocycles. The van der Waals surface area contributed by atoms with Crippen molar-refractivity contribution >= 4 is 43.6 Å². The average Bonchev–Trinajstić information content (AvgIpc) is 2.47. The Morgan fingerprint density at radius 2 is 1.70 bits per heavy atom. The quantitative estimate of drug-likeness (QED) is 0.470. The molecule has 0 spiro atoms. The highest BCUT2D eigenvalue weighted by molar-refractivity contribution is 7.85. The minimum Gasteiger partial charge on any atom is -0.399 e. The van der Waals surface area contributed by atoms with E-state index in [1.165, 1.54) is 13.1 Å². The van der Waals surface area contributed by atoms with E-state index in [0.717, 1.165) is 21.8 Å². The lowest BCUT2D eigenvalue weighted by molar-refractivity contribution is -0.377. The first-order chi connectivity index (χ1) is 10.6. The molecule has 0 aliphatic heterocycles. The molecule has 0 radical (unpaired) electrons. The summed E-state index contributed by atoms with van der Waals surface area (Å²) in [4.78, 5) is -0.427. The molecule has 23 heavy (non-hydrogen) atoms. The smallest absolute Gasteiger partial charge is 0.399 e. The fourth-order valence-corrected chi connectivity index (χ4v) is 2.53. The lowest BCUT2D eigenvalue weighted by Gasteiger charge is -1.98. The first-order valence-corrected chi connectivity index (χ1v) is 8.88. The van der Waals surface area contributed by atoms with Crippen molar-refractivity contribution in [3.63, 3.8) is 0 Å². The molecule has 0 aliphatic carbocycles. The van der Waals surface area contributed by atoms with Crippen LogP contribution in [0.1, 0.15) is 0 Å². The fraction of sp³-hybridized carbons (Fsp3) is 0.0769. The highest BCUT2D eigenvalue weighted by atomic mass is 35.5. The minimum atomic E-state index is -4.39. The number of hydrogen-bond acceptors (Lipinski definition) is 5. The Balaban J connectivity index is 0.000000313. The summed E-state index contributed by atoms with van der Waals surface area (Å²) in [6.45, 7) is 0. The SMILES string of the molecule is C[N+](c1cc(S(=O)(=O)O)ccc1Cl)=S(=O)=O.Nc1ccccc1. The predicted molar refractivity (Wildman–Crippen MR) is 86.9 cm³/mol. The van der Waals surface area contributed by atoms with Gasteiger partial charge in [0.25, 0.3) is 10.1 Å². The summed E-state index contributed by atoms with van der Waals surface area (Å²) < 4.78 is 52.5. The molecule has 124 valence electrons. The largest absolute Gasteiger partial charge is 0.464 e. The van der Waals surface area contributed by atoms with Gasteiger partial charge < -0.3 is 5.73 Å². The number of hydrogen-bond donors (Lipinski definition) is 2. The van der Waals surface area contributed by atoms with Gasteiger partial charge in [0, 0.05) is 11.8 Å². The number of nitrogens with two attached hydrogens (primary N) is 1. The van der Waals surface area contributed by atoms with Gasteiger partial charge in [-0.05, 0) is 24.3 Å². The molecule has 0 heterocycles. The van der Waals surface area contributed by atoms with Crippen molar-refractivity contribution in [1.82, 2.24) is 0 Å². The van der Waals surface area contributed by atoms with Crippen LogP contribution in [0.2, 0.25) is 5.02 Å². The first kappa shape index (κ1) is 19.1. The van der Waals surface area contributed by atoms with Crippen molar-refractivity contribution in [3.8, 4) is 0 Å². The second-order valence-electron chi connectivity index (χ2n) is 4.21. The molecular formula is C13H14ClN2O5S2+. The van der Waals surface area contributed by atoms with Crippen LogP contribution in [0, 0.1) is 0 Å². The van der Waals surface area contributed by atoms with E-state index in [-0.39, 0.29) is 10.7 Å². The van der Waals surface area contributed by atoms with Crippen LogP contribution in [0.4, 0.5) is 11.4 Å². The number of benzene rings is 2. The number of halogens is 1. The van der Waals surface area contributed by atoms with Crippen LogP contribution >= 0.6 is 11.6 Å². The van der Waals surface area contributed by atoms with Crippen molar-refractivity contribution in [1.29, 1.82) is 0 Å². The van der Waals surface area contributed by atoms with E-state index in [4.69, 9.17) is 21.9 Å². The molecular weight excluding hydrogens is 364 g/mol. The van der Waals surface area contributed by atoms with Gasteiger partial charge in [-0.1, -0.05) is 33.7 Å². The van der Waals surface area contributed by atoms with Crippen LogP contribution in [0.15, 0.2) is 53.4 Å². The van der Waals surface area contributed by atoms with Gasteiger partial charge in [-0.25, -0.2) is 0 Å². The van der Waals surface area contributed by atoms with Crippen molar-refractivity contribution < 1.29 is 25.3 Å². The predicted octanol–water partition coefficient (Wildman–Crippen LogP) is 2.19. The molecule has 0 bridgehead atoms. The van der Waals surface area contributed by atoms with Gasteiger partial charge in [0.2, 0.25) is 5.69 Å². The molecule has 10 heteroatoms. The van der Waals surface area contributed by atoms with Crippen LogP contribution in [0.3, 0.4) is 0 Å². The van der Waals surface area contributed by atoms with E-state index in [1.807, 2.05) is 30.3 Å². The van der Waals surface area contributed by atoms with E-state index in [2.05, 4.69) is 0 Å². The molecule has 0 saturated carbocycles. The topological polar surface area (TPSA) is 118 Å². The molecule has 0 unspecified atom stereocenters. The molecule has 0 aromatic heterocycles. The lowest BCUT2D eigenvalue weighted by Crippen LogP contribution is -2.01. The standard InChI is InChI=1S/C7H6ClNO5S2.C6H7N/c1-9(15(10)11)7-4-5(16(12,13)14)2-3-6(7)8;7-6-4-2-1-3-5-6/h2-4H,1H3;1-5H,7H2/p+1. The number of nitrogen functional groups attached to an aromatic ring is 1. The zero-order valence-electron chi connectivity index (χ0n) is 11.9. The molecule has 3 N–H and O–H groups in total. The molecule has 2 rings (SSSR count). The fourth-order valence-electron chi connectivity index (χ4n) is 1.43. The van der Waals surface area contributed by atoms with E-state index in [9.17, 15) is 16.8 Å². The van der Waals surface area contributed by atoms with Gasteiger partial charge in [0.15, 0.2) is 7.05 Å². The molecule has 0 aliphatic rings.